The van der Waals surface area contributed by atoms with Gasteiger partial charge in [0.2, 0.25) is 0 Å². The summed E-state index contributed by atoms with van der Waals surface area (Å²) in [7, 11) is 1.76. The van der Waals surface area contributed by atoms with E-state index in [0.717, 1.165) is 16.3 Å². The second-order valence-corrected chi connectivity index (χ2v) is 2.53. The first kappa shape index (κ1) is 8.70. The van der Waals surface area contributed by atoms with Crippen molar-refractivity contribution in [3.8, 4) is 0 Å². The van der Waals surface area contributed by atoms with Crippen LogP contribution >= 0.6 is 11.6 Å². The van der Waals surface area contributed by atoms with Crippen LogP contribution in [0.25, 0.3) is 0 Å². The molecule has 0 heterocycles. The van der Waals surface area contributed by atoms with Gasteiger partial charge in [-0.05, 0) is 26.3 Å². The van der Waals surface area contributed by atoms with Crippen molar-refractivity contribution in [3.63, 3.8) is 0 Å². The lowest BCUT2D eigenvalue weighted by Crippen LogP contribution is -1.93. The van der Waals surface area contributed by atoms with Gasteiger partial charge in [0.25, 0.3) is 0 Å². The minimum Gasteiger partial charge on any atom is -0.293 e. The molecule has 0 aliphatic heterocycles. The molecule has 0 aromatic carbocycles. The molecule has 0 N–H and O–H groups in total. The molecule has 0 saturated carbocycles. The summed E-state index contributed by atoms with van der Waals surface area (Å²) in [4.78, 5) is 3.98. The van der Waals surface area contributed by atoms with Crippen LogP contribution in [0.15, 0.2) is 15.6 Å². The Morgan fingerprint density at radius 1 is 1.22 bits per heavy atom. The van der Waals surface area contributed by atoms with E-state index in [-0.39, 0.29) is 0 Å². The van der Waals surface area contributed by atoms with Crippen LogP contribution in [0, 0.1) is 0 Å². The van der Waals surface area contributed by atoms with Crippen LogP contribution in [0.1, 0.15) is 20.8 Å². The number of aliphatic imine (C=N–C) groups is 1. The molecule has 0 radical (unpaired) electrons. The average molecular weight is 146 g/mol. The van der Waals surface area contributed by atoms with Crippen molar-refractivity contribution in [3.05, 3.63) is 10.6 Å². The Morgan fingerprint density at radius 2 is 1.67 bits per heavy atom. The molecule has 0 fully saturated rings. The molecule has 1 nitrogen and oxygen atoms in total. The highest BCUT2D eigenvalue weighted by Gasteiger charge is 1.94. The average Bonchev–Trinajstić information content (AvgIpc) is 1.84. The van der Waals surface area contributed by atoms with E-state index < -0.39 is 0 Å². The summed E-state index contributed by atoms with van der Waals surface area (Å²) < 4.78 is 0. The number of allylic oxidation sites excluding steroid dienone is 2. The molecule has 0 bridgehead atoms. The number of rotatable bonds is 1. The van der Waals surface area contributed by atoms with Gasteiger partial charge in [0.05, 0.1) is 0 Å². The maximum absolute atomic E-state index is 5.70. The van der Waals surface area contributed by atoms with Gasteiger partial charge in [-0.2, -0.15) is 0 Å². The Morgan fingerprint density at radius 3 is 1.78 bits per heavy atom. The zero-order valence-corrected chi connectivity index (χ0v) is 7.08. The highest BCUT2D eigenvalue weighted by Crippen LogP contribution is 2.08. The number of hydrogen-bond acceptors (Lipinski definition) is 1. The second kappa shape index (κ2) is 3.67. The van der Waals surface area contributed by atoms with Crippen molar-refractivity contribution >= 4 is 17.3 Å². The molecule has 0 aliphatic carbocycles. The summed E-state index contributed by atoms with van der Waals surface area (Å²) in [5.41, 5.74) is 2.07. The fourth-order valence-corrected chi connectivity index (χ4v) is 0.554. The molecule has 0 saturated heterocycles. The molecule has 0 aliphatic rings. The van der Waals surface area contributed by atoms with Crippen LogP contribution in [0.5, 0.6) is 0 Å². The van der Waals surface area contributed by atoms with Crippen LogP contribution < -0.4 is 0 Å². The third kappa shape index (κ3) is 2.66. The molecule has 0 unspecified atom stereocenters. The zero-order valence-electron chi connectivity index (χ0n) is 6.33. The van der Waals surface area contributed by atoms with E-state index in [1.807, 2.05) is 20.8 Å². The quantitative estimate of drug-likeness (QED) is 0.503. The predicted octanol–water partition coefficient (Wildman–Crippen LogP) is 2.61. The van der Waals surface area contributed by atoms with E-state index in [1.165, 1.54) is 0 Å². The monoisotopic (exact) mass is 145 g/mol. The first-order valence-electron chi connectivity index (χ1n) is 2.86. The highest BCUT2D eigenvalue weighted by atomic mass is 35.5. The second-order valence-electron chi connectivity index (χ2n) is 1.97. The fourth-order valence-electron chi connectivity index (χ4n) is 0.417. The largest absolute Gasteiger partial charge is 0.293 e. The van der Waals surface area contributed by atoms with Gasteiger partial charge in [0.1, 0.15) is 0 Å². The van der Waals surface area contributed by atoms with Crippen molar-refractivity contribution in [2.24, 2.45) is 4.99 Å². The van der Waals surface area contributed by atoms with Gasteiger partial charge in [0, 0.05) is 17.8 Å². The molecule has 0 aromatic rings. The lowest BCUT2D eigenvalue weighted by molar-refractivity contribution is 1.37. The molecule has 52 valence electrons. The standard InChI is InChI=1S/C7H12ClN/c1-5(6(2)8)7(3)9-4/h1-4H3/b6-5-,9-7-. The predicted molar refractivity (Wildman–Crippen MR) is 43.3 cm³/mol. The molecule has 0 amide bonds. The van der Waals surface area contributed by atoms with Crippen LogP contribution in [-0.4, -0.2) is 12.8 Å². The third-order valence-electron chi connectivity index (χ3n) is 1.39. The normalized spacial score (nSPS) is 15.4. The van der Waals surface area contributed by atoms with Gasteiger partial charge in [-0.15, -0.1) is 0 Å². The summed E-state index contributed by atoms with van der Waals surface area (Å²) in [6.45, 7) is 5.78. The van der Waals surface area contributed by atoms with E-state index in [2.05, 4.69) is 4.99 Å². The lowest BCUT2D eigenvalue weighted by Gasteiger charge is -1.98. The van der Waals surface area contributed by atoms with Gasteiger partial charge in [0.15, 0.2) is 0 Å². The first-order chi connectivity index (χ1) is 4.09. The molecule has 0 aromatic heterocycles. The van der Waals surface area contributed by atoms with Gasteiger partial charge < -0.3 is 0 Å². The SMILES string of the molecule is C/N=C(C)\C(C)=C(\C)Cl. The van der Waals surface area contributed by atoms with Gasteiger partial charge in [-0.1, -0.05) is 11.6 Å². The highest BCUT2D eigenvalue weighted by molar-refractivity contribution is 6.31. The molecule has 9 heavy (non-hydrogen) atoms. The van der Waals surface area contributed by atoms with E-state index in [4.69, 9.17) is 11.6 Å². The van der Waals surface area contributed by atoms with E-state index in [9.17, 15) is 0 Å². The van der Waals surface area contributed by atoms with Gasteiger partial charge in [-0.25, -0.2) is 0 Å². The smallest absolute Gasteiger partial charge is 0.0354 e. The summed E-state index contributed by atoms with van der Waals surface area (Å²) in [6.07, 6.45) is 0. The number of halogens is 1. The van der Waals surface area contributed by atoms with E-state index in [0.29, 0.717) is 0 Å². The number of hydrogen-bond donors (Lipinski definition) is 0. The minimum absolute atomic E-state index is 0.818. The van der Waals surface area contributed by atoms with Crippen LogP contribution in [-0.2, 0) is 0 Å². The van der Waals surface area contributed by atoms with E-state index in [1.54, 1.807) is 7.05 Å². The van der Waals surface area contributed by atoms with Crippen molar-refractivity contribution in [2.75, 3.05) is 7.05 Å². The Bertz CT molecular complexity index is 152. The molecular formula is C7H12ClN. The molecule has 0 spiro atoms. The number of nitrogens with zero attached hydrogens (tertiary/aromatic N) is 1. The maximum atomic E-state index is 5.70. The first-order valence-corrected chi connectivity index (χ1v) is 3.24. The van der Waals surface area contributed by atoms with Crippen molar-refractivity contribution in [1.29, 1.82) is 0 Å². The summed E-state index contributed by atoms with van der Waals surface area (Å²) in [5, 5.41) is 0.818. The van der Waals surface area contributed by atoms with Crippen LogP contribution in [0.2, 0.25) is 0 Å². The Labute approximate surface area is 61.4 Å². The Hall–Kier alpha value is -0.300. The van der Waals surface area contributed by atoms with Crippen LogP contribution in [0.3, 0.4) is 0 Å². The van der Waals surface area contributed by atoms with Crippen molar-refractivity contribution < 1.29 is 0 Å². The summed E-state index contributed by atoms with van der Waals surface area (Å²) in [5.74, 6) is 0. The summed E-state index contributed by atoms with van der Waals surface area (Å²) >= 11 is 5.70. The van der Waals surface area contributed by atoms with Crippen LogP contribution in [0.4, 0.5) is 0 Å². The fraction of sp³-hybridized carbons (Fsp3) is 0.571. The minimum atomic E-state index is 0.818. The molecule has 2 heteroatoms. The van der Waals surface area contributed by atoms with Gasteiger partial charge >= 0.3 is 0 Å². The van der Waals surface area contributed by atoms with Gasteiger partial charge in [-0.3, -0.25) is 4.99 Å². The van der Waals surface area contributed by atoms with Crippen molar-refractivity contribution in [2.45, 2.75) is 20.8 Å². The molecular weight excluding hydrogens is 134 g/mol. The van der Waals surface area contributed by atoms with Crippen molar-refractivity contribution in [1.82, 2.24) is 0 Å². The molecule has 0 rings (SSSR count). The lowest BCUT2D eigenvalue weighted by atomic mass is 10.2. The molecule has 0 atom stereocenters. The Kier molecular flexibility index (Phi) is 3.55. The third-order valence-corrected chi connectivity index (χ3v) is 1.68. The zero-order chi connectivity index (χ0) is 7.44. The topological polar surface area (TPSA) is 12.4 Å². The maximum Gasteiger partial charge on any atom is 0.0354 e. The summed E-state index contributed by atoms with van der Waals surface area (Å²) in [6, 6.07) is 0. The van der Waals surface area contributed by atoms with E-state index >= 15 is 0 Å². The Balaban J connectivity index is 4.40.